The lowest BCUT2D eigenvalue weighted by molar-refractivity contribution is 0.160. The average Bonchev–Trinajstić information content (AvgIpc) is 2.45. The molecule has 1 rings (SSSR count). The van der Waals surface area contributed by atoms with Crippen LogP contribution in [-0.2, 0) is 6.54 Å². The van der Waals surface area contributed by atoms with E-state index >= 15 is 0 Å². The molecule has 0 aliphatic rings. The SMILES string of the molecule is C=CN(Cc1ccccc1)C(C)(C)CCCCCCC.Cl. The fourth-order valence-corrected chi connectivity index (χ4v) is 2.61. The highest BCUT2D eigenvalue weighted by atomic mass is 35.5. The first kappa shape index (κ1) is 20.1. The standard InChI is InChI=1S/C19H31N.ClH/c1-5-7-8-9-13-16-19(3,4)20(6-2)17-18-14-11-10-12-15-18;/h6,10-12,14-15H,2,5,7-9,13,16-17H2,1,3-4H3;1H. The predicted octanol–water partition coefficient (Wildman–Crippen LogP) is 6.19. The van der Waals surface area contributed by atoms with E-state index in [9.17, 15) is 0 Å². The molecular weight excluding hydrogens is 278 g/mol. The molecule has 0 saturated carbocycles. The molecule has 0 N–H and O–H groups in total. The smallest absolute Gasteiger partial charge is 0.0429 e. The molecule has 21 heavy (non-hydrogen) atoms. The first-order valence-corrected chi connectivity index (χ1v) is 8.03. The minimum atomic E-state index is 0. The molecule has 0 aliphatic carbocycles. The van der Waals surface area contributed by atoms with E-state index in [4.69, 9.17) is 0 Å². The van der Waals surface area contributed by atoms with E-state index in [1.54, 1.807) is 0 Å². The minimum absolute atomic E-state index is 0. The normalized spacial score (nSPS) is 10.8. The van der Waals surface area contributed by atoms with Gasteiger partial charge in [0, 0.05) is 12.1 Å². The summed E-state index contributed by atoms with van der Waals surface area (Å²) in [5.74, 6) is 0. The van der Waals surface area contributed by atoms with Crippen LogP contribution in [0.5, 0.6) is 0 Å². The van der Waals surface area contributed by atoms with Crippen LogP contribution >= 0.6 is 12.4 Å². The summed E-state index contributed by atoms with van der Waals surface area (Å²) in [7, 11) is 0. The zero-order valence-corrected chi connectivity index (χ0v) is 14.8. The van der Waals surface area contributed by atoms with Gasteiger partial charge in [0.2, 0.25) is 0 Å². The van der Waals surface area contributed by atoms with Crippen molar-refractivity contribution >= 4 is 12.4 Å². The van der Waals surface area contributed by atoms with E-state index in [1.807, 2.05) is 6.20 Å². The quantitative estimate of drug-likeness (QED) is 0.465. The molecule has 1 aromatic carbocycles. The third-order valence-electron chi connectivity index (χ3n) is 4.09. The monoisotopic (exact) mass is 309 g/mol. The Bertz CT molecular complexity index is 372. The van der Waals surface area contributed by atoms with E-state index in [1.165, 1.54) is 44.1 Å². The first-order valence-electron chi connectivity index (χ1n) is 8.03. The Morgan fingerprint density at radius 3 is 2.24 bits per heavy atom. The van der Waals surface area contributed by atoms with Gasteiger partial charge in [-0.15, -0.1) is 12.4 Å². The highest BCUT2D eigenvalue weighted by molar-refractivity contribution is 5.85. The van der Waals surface area contributed by atoms with Crippen LogP contribution in [0.3, 0.4) is 0 Å². The summed E-state index contributed by atoms with van der Waals surface area (Å²) >= 11 is 0. The van der Waals surface area contributed by atoms with Gasteiger partial charge in [-0.2, -0.15) is 0 Å². The molecule has 120 valence electrons. The fraction of sp³-hybridized carbons (Fsp3) is 0.579. The van der Waals surface area contributed by atoms with Gasteiger partial charge < -0.3 is 4.90 Å². The average molecular weight is 310 g/mol. The number of nitrogens with zero attached hydrogens (tertiary/aromatic N) is 1. The van der Waals surface area contributed by atoms with Gasteiger partial charge in [-0.1, -0.05) is 75.9 Å². The van der Waals surface area contributed by atoms with E-state index in [-0.39, 0.29) is 17.9 Å². The van der Waals surface area contributed by atoms with Gasteiger partial charge >= 0.3 is 0 Å². The Hall–Kier alpha value is -0.950. The molecular formula is C19H32ClN. The number of rotatable bonds is 10. The molecule has 0 spiro atoms. The topological polar surface area (TPSA) is 3.24 Å². The van der Waals surface area contributed by atoms with E-state index in [0.717, 1.165) is 6.54 Å². The Morgan fingerprint density at radius 1 is 1.05 bits per heavy atom. The molecule has 0 heterocycles. The molecule has 0 bridgehead atoms. The maximum absolute atomic E-state index is 4.01. The molecule has 0 aromatic heterocycles. The van der Waals surface area contributed by atoms with Gasteiger partial charge in [0.05, 0.1) is 0 Å². The molecule has 0 aliphatic heterocycles. The lowest BCUT2D eigenvalue weighted by Crippen LogP contribution is -2.39. The second-order valence-electron chi connectivity index (χ2n) is 6.27. The van der Waals surface area contributed by atoms with Gasteiger partial charge in [-0.25, -0.2) is 0 Å². The maximum Gasteiger partial charge on any atom is 0.0429 e. The lowest BCUT2D eigenvalue weighted by atomic mass is 9.93. The van der Waals surface area contributed by atoms with Gasteiger partial charge in [0.1, 0.15) is 0 Å². The van der Waals surface area contributed by atoms with Crippen molar-refractivity contribution < 1.29 is 0 Å². The summed E-state index contributed by atoms with van der Waals surface area (Å²) in [5.41, 5.74) is 1.54. The van der Waals surface area contributed by atoms with Crippen molar-refractivity contribution in [2.24, 2.45) is 0 Å². The zero-order valence-electron chi connectivity index (χ0n) is 14.0. The first-order chi connectivity index (χ1) is 9.60. The largest absolute Gasteiger partial charge is 0.369 e. The van der Waals surface area contributed by atoms with Crippen LogP contribution < -0.4 is 0 Å². The lowest BCUT2D eigenvalue weighted by Gasteiger charge is -2.38. The summed E-state index contributed by atoms with van der Waals surface area (Å²) < 4.78 is 0. The van der Waals surface area contributed by atoms with Crippen molar-refractivity contribution in [3.8, 4) is 0 Å². The number of benzene rings is 1. The van der Waals surface area contributed by atoms with Crippen LogP contribution in [-0.4, -0.2) is 10.4 Å². The van der Waals surface area contributed by atoms with Crippen LogP contribution in [0, 0.1) is 0 Å². The van der Waals surface area contributed by atoms with E-state index in [2.05, 4.69) is 62.6 Å². The zero-order chi connectivity index (χ0) is 14.8. The maximum atomic E-state index is 4.01. The van der Waals surface area contributed by atoms with E-state index < -0.39 is 0 Å². The molecule has 0 unspecified atom stereocenters. The van der Waals surface area contributed by atoms with E-state index in [0.29, 0.717) is 0 Å². The molecule has 2 heteroatoms. The molecule has 0 amide bonds. The molecule has 1 aromatic rings. The predicted molar refractivity (Wildman–Crippen MR) is 96.9 cm³/mol. The molecule has 0 fully saturated rings. The van der Waals surface area contributed by atoms with Crippen LogP contribution in [0.1, 0.15) is 64.9 Å². The summed E-state index contributed by atoms with van der Waals surface area (Å²) in [6.07, 6.45) is 9.96. The van der Waals surface area contributed by atoms with Gasteiger partial charge in [0.15, 0.2) is 0 Å². The molecule has 1 nitrogen and oxygen atoms in total. The third-order valence-corrected chi connectivity index (χ3v) is 4.09. The summed E-state index contributed by atoms with van der Waals surface area (Å²) in [4.78, 5) is 2.38. The van der Waals surface area contributed by atoms with Gasteiger partial charge in [-0.3, -0.25) is 0 Å². The minimum Gasteiger partial charge on any atom is -0.369 e. The number of unbranched alkanes of at least 4 members (excludes halogenated alkanes) is 4. The van der Waals surface area contributed by atoms with Crippen molar-refractivity contribution in [1.82, 2.24) is 4.90 Å². The summed E-state index contributed by atoms with van der Waals surface area (Å²) in [6, 6.07) is 10.7. The Labute approximate surface area is 137 Å². The Balaban J connectivity index is 0.00000400. The van der Waals surface area contributed by atoms with Crippen molar-refractivity contribution in [1.29, 1.82) is 0 Å². The second kappa shape index (κ2) is 10.7. The van der Waals surface area contributed by atoms with Gasteiger partial charge in [-0.05, 0) is 32.0 Å². The summed E-state index contributed by atoms with van der Waals surface area (Å²) in [6.45, 7) is 11.9. The summed E-state index contributed by atoms with van der Waals surface area (Å²) in [5, 5.41) is 0. The molecule has 0 radical (unpaired) electrons. The molecule has 0 saturated heterocycles. The number of halogens is 1. The molecule has 0 atom stereocenters. The highest BCUT2D eigenvalue weighted by Crippen LogP contribution is 2.24. The highest BCUT2D eigenvalue weighted by Gasteiger charge is 2.23. The van der Waals surface area contributed by atoms with Crippen LogP contribution in [0.4, 0.5) is 0 Å². The van der Waals surface area contributed by atoms with Crippen molar-refractivity contribution in [2.75, 3.05) is 0 Å². The van der Waals surface area contributed by atoms with Crippen LogP contribution in [0.15, 0.2) is 43.1 Å². The van der Waals surface area contributed by atoms with Crippen molar-refractivity contribution in [3.63, 3.8) is 0 Å². The number of hydrogen-bond donors (Lipinski definition) is 0. The Kier molecular flexibility index (Phi) is 10.2. The van der Waals surface area contributed by atoms with Gasteiger partial charge in [0.25, 0.3) is 0 Å². The fourth-order valence-electron chi connectivity index (χ4n) is 2.61. The van der Waals surface area contributed by atoms with Crippen LogP contribution in [0.25, 0.3) is 0 Å². The number of hydrogen-bond acceptors (Lipinski definition) is 1. The van der Waals surface area contributed by atoms with Crippen LogP contribution in [0.2, 0.25) is 0 Å². The van der Waals surface area contributed by atoms with Crippen molar-refractivity contribution in [2.45, 2.75) is 71.4 Å². The Morgan fingerprint density at radius 2 is 1.67 bits per heavy atom. The third kappa shape index (κ3) is 7.57. The van der Waals surface area contributed by atoms with Crippen molar-refractivity contribution in [3.05, 3.63) is 48.7 Å². The second-order valence-corrected chi connectivity index (χ2v) is 6.27.